The van der Waals surface area contributed by atoms with Crippen LogP contribution in [0, 0.1) is 0 Å². The van der Waals surface area contributed by atoms with Crippen LogP contribution in [0.5, 0.6) is 0 Å². The fourth-order valence-corrected chi connectivity index (χ4v) is 7.34. The van der Waals surface area contributed by atoms with Gasteiger partial charge in [0.05, 0.1) is 0 Å². The van der Waals surface area contributed by atoms with E-state index in [4.69, 9.17) is 30.8 Å². The van der Waals surface area contributed by atoms with E-state index in [9.17, 15) is 0 Å². The first-order valence-electron chi connectivity index (χ1n) is 6.36. The summed E-state index contributed by atoms with van der Waals surface area (Å²) in [5, 5.41) is -0.823. The van der Waals surface area contributed by atoms with Crippen LogP contribution in [-0.4, -0.2) is 46.8 Å². The highest BCUT2D eigenvalue weighted by atomic mass is 28.4. The van der Waals surface area contributed by atoms with Gasteiger partial charge in [-0.05, 0) is 18.9 Å². The Kier molecular flexibility index (Phi) is 4.93. The van der Waals surface area contributed by atoms with Crippen LogP contribution in [0.3, 0.4) is 0 Å². The zero-order valence-corrected chi connectivity index (χ0v) is 12.9. The average Bonchev–Trinajstić information content (AvgIpc) is 2.36. The Morgan fingerprint density at radius 2 is 1.78 bits per heavy atom. The normalized spacial score (nSPS) is 34.5. The maximum Gasteiger partial charge on any atom is 0.374 e. The van der Waals surface area contributed by atoms with Gasteiger partial charge >= 0.3 is 8.56 Å². The predicted octanol–water partition coefficient (Wildman–Crippen LogP) is -0.209. The van der Waals surface area contributed by atoms with Crippen LogP contribution >= 0.6 is 0 Å². The molecule has 1 aliphatic heterocycles. The van der Waals surface area contributed by atoms with Crippen molar-refractivity contribution >= 4 is 8.56 Å². The van der Waals surface area contributed by atoms with Gasteiger partial charge in [-0.25, -0.2) is 0 Å². The molecule has 0 amide bonds. The lowest BCUT2D eigenvalue weighted by Gasteiger charge is -2.58. The number of hydrogen-bond donors (Lipinski definition) is 3. The van der Waals surface area contributed by atoms with Crippen LogP contribution in [0.1, 0.15) is 26.2 Å². The van der Waals surface area contributed by atoms with Crippen LogP contribution in [0.4, 0.5) is 0 Å². The van der Waals surface area contributed by atoms with Gasteiger partial charge in [0.2, 0.25) is 0 Å². The van der Waals surface area contributed by atoms with E-state index in [1.807, 2.05) is 0 Å². The van der Waals surface area contributed by atoms with Crippen molar-refractivity contribution in [1.29, 1.82) is 0 Å². The van der Waals surface area contributed by atoms with E-state index in [-0.39, 0.29) is 6.04 Å². The second kappa shape index (κ2) is 5.54. The SMILES string of the molecule is CCCC1(OC)C(N)(N)C(N)CC[Si]1(OC)OC. The lowest BCUT2D eigenvalue weighted by molar-refractivity contribution is -0.0716. The molecule has 0 spiro atoms. The van der Waals surface area contributed by atoms with E-state index in [0.717, 1.165) is 12.5 Å². The molecule has 1 heterocycles. The highest BCUT2D eigenvalue weighted by Crippen LogP contribution is 2.44. The Labute approximate surface area is 110 Å². The van der Waals surface area contributed by atoms with Gasteiger partial charge in [-0.2, -0.15) is 0 Å². The molecule has 1 fully saturated rings. The first-order valence-corrected chi connectivity index (χ1v) is 8.38. The van der Waals surface area contributed by atoms with E-state index in [1.165, 1.54) is 0 Å². The van der Waals surface area contributed by atoms with Crippen LogP contribution < -0.4 is 17.2 Å². The molecule has 0 aromatic carbocycles. The minimum Gasteiger partial charge on any atom is -0.396 e. The van der Waals surface area contributed by atoms with Crippen molar-refractivity contribution in [3.63, 3.8) is 0 Å². The summed E-state index contributed by atoms with van der Waals surface area (Å²) in [6.07, 6.45) is 2.24. The Morgan fingerprint density at radius 3 is 2.17 bits per heavy atom. The average molecular weight is 277 g/mol. The van der Waals surface area contributed by atoms with Crippen molar-refractivity contribution in [2.45, 2.75) is 49.2 Å². The maximum absolute atomic E-state index is 6.33. The number of methoxy groups -OCH3 is 1. The summed E-state index contributed by atoms with van der Waals surface area (Å²) in [6.45, 7) is 2.06. The molecule has 108 valence electrons. The Balaban J connectivity index is 3.35. The highest BCUT2D eigenvalue weighted by Gasteiger charge is 2.69. The van der Waals surface area contributed by atoms with E-state index in [0.29, 0.717) is 12.8 Å². The summed E-state index contributed by atoms with van der Waals surface area (Å²) in [5.74, 6) is 0. The molecule has 7 heteroatoms. The van der Waals surface area contributed by atoms with Crippen molar-refractivity contribution in [3.05, 3.63) is 0 Å². The van der Waals surface area contributed by atoms with Gasteiger partial charge < -0.3 is 30.8 Å². The van der Waals surface area contributed by atoms with Gasteiger partial charge in [0.25, 0.3) is 0 Å². The summed E-state index contributed by atoms with van der Waals surface area (Å²) in [6, 6.07) is 0.417. The molecule has 0 radical (unpaired) electrons. The molecule has 0 saturated carbocycles. The second-order valence-electron chi connectivity index (χ2n) is 5.02. The van der Waals surface area contributed by atoms with Gasteiger partial charge in [0.15, 0.2) is 0 Å². The highest BCUT2D eigenvalue weighted by molar-refractivity contribution is 6.71. The lowest BCUT2D eigenvalue weighted by Crippen LogP contribution is -2.87. The number of rotatable bonds is 5. The van der Waals surface area contributed by atoms with Gasteiger partial charge in [-0.3, -0.25) is 0 Å². The van der Waals surface area contributed by atoms with Gasteiger partial charge in [-0.1, -0.05) is 13.3 Å². The standard InChI is InChI=1S/C11H27N3O3Si/c1-5-7-10(15-2)11(13,14)9(12)6-8-18(10,16-3)17-4/h9H,5-8,12-14H2,1-4H3. The Morgan fingerprint density at radius 1 is 1.22 bits per heavy atom. The van der Waals surface area contributed by atoms with Crippen molar-refractivity contribution in [2.75, 3.05) is 21.3 Å². The number of ether oxygens (including phenoxy) is 1. The molecule has 2 atom stereocenters. The summed E-state index contributed by atoms with van der Waals surface area (Å²) in [7, 11) is 2.24. The fourth-order valence-electron chi connectivity index (χ4n) is 3.23. The zero-order chi connectivity index (χ0) is 14.0. The number of nitrogens with two attached hydrogens (primary N) is 3. The summed E-state index contributed by atoms with van der Waals surface area (Å²) in [4.78, 5) is 0. The molecule has 6 N–H and O–H groups in total. The molecular formula is C11H27N3O3Si. The minimum atomic E-state index is -2.66. The zero-order valence-electron chi connectivity index (χ0n) is 11.9. The Bertz CT molecular complexity index is 287. The van der Waals surface area contributed by atoms with Gasteiger partial charge in [-0.15, -0.1) is 0 Å². The van der Waals surface area contributed by atoms with Crippen LogP contribution in [-0.2, 0) is 13.6 Å². The van der Waals surface area contributed by atoms with Crippen molar-refractivity contribution < 1.29 is 13.6 Å². The molecule has 0 aromatic rings. The molecule has 18 heavy (non-hydrogen) atoms. The molecule has 1 saturated heterocycles. The smallest absolute Gasteiger partial charge is 0.374 e. The fraction of sp³-hybridized carbons (Fsp3) is 1.00. The second-order valence-corrected chi connectivity index (χ2v) is 8.65. The topological polar surface area (TPSA) is 106 Å². The van der Waals surface area contributed by atoms with Gasteiger partial charge in [0, 0.05) is 27.4 Å². The van der Waals surface area contributed by atoms with Crippen LogP contribution in [0.15, 0.2) is 0 Å². The predicted molar refractivity (Wildman–Crippen MR) is 72.9 cm³/mol. The third-order valence-electron chi connectivity index (χ3n) is 4.32. The molecular weight excluding hydrogens is 250 g/mol. The van der Waals surface area contributed by atoms with Crippen molar-refractivity contribution in [2.24, 2.45) is 17.2 Å². The number of hydrogen-bond acceptors (Lipinski definition) is 6. The molecule has 2 unspecified atom stereocenters. The van der Waals surface area contributed by atoms with Gasteiger partial charge in [0.1, 0.15) is 10.9 Å². The van der Waals surface area contributed by atoms with Crippen molar-refractivity contribution in [1.82, 2.24) is 0 Å². The minimum absolute atomic E-state index is 0.324. The van der Waals surface area contributed by atoms with E-state index in [2.05, 4.69) is 6.92 Å². The third-order valence-corrected chi connectivity index (χ3v) is 8.71. The first-order chi connectivity index (χ1) is 8.37. The molecule has 0 aromatic heterocycles. The third kappa shape index (κ3) is 1.94. The lowest BCUT2D eigenvalue weighted by atomic mass is 9.89. The molecule has 0 aliphatic carbocycles. The molecule has 6 nitrogen and oxygen atoms in total. The summed E-state index contributed by atoms with van der Waals surface area (Å²) >= 11 is 0. The van der Waals surface area contributed by atoms with E-state index in [1.54, 1.807) is 21.3 Å². The van der Waals surface area contributed by atoms with Crippen LogP contribution in [0.25, 0.3) is 0 Å². The quantitative estimate of drug-likeness (QED) is 0.474. The monoisotopic (exact) mass is 277 g/mol. The Hall–Kier alpha value is -0.0231. The maximum atomic E-state index is 6.33. The van der Waals surface area contributed by atoms with E-state index < -0.39 is 19.4 Å². The van der Waals surface area contributed by atoms with Crippen molar-refractivity contribution in [3.8, 4) is 0 Å². The summed E-state index contributed by atoms with van der Waals surface area (Å²) < 4.78 is 17.3. The molecule has 1 rings (SSSR count). The first kappa shape index (κ1) is 16.0. The summed E-state index contributed by atoms with van der Waals surface area (Å²) in [5.41, 5.74) is 17.6. The largest absolute Gasteiger partial charge is 0.396 e. The molecule has 1 aliphatic rings. The van der Waals surface area contributed by atoms with Crippen LogP contribution in [0.2, 0.25) is 6.04 Å². The molecule has 0 bridgehead atoms. The van der Waals surface area contributed by atoms with E-state index >= 15 is 0 Å².